The van der Waals surface area contributed by atoms with E-state index in [1.54, 1.807) is 17.1 Å². The molecular weight excluding hydrogens is 290 g/mol. The third-order valence-corrected chi connectivity index (χ3v) is 3.88. The molecule has 3 aromatic rings. The van der Waals surface area contributed by atoms with Crippen LogP contribution in [-0.4, -0.2) is 15.7 Å². The van der Waals surface area contributed by atoms with Crippen molar-refractivity contribution in [3.63, 3.8) is 0 Å². The molecule has 1 N–H and O–H groups in total. The zero-order valence-electron chi connectivity index (χ0n) is 13.2. The maximum atomic E-state index is 12.5. The van der Waals surface area contributed by atoms with Gasteiger partial charge in [-0.25, -0.2) is 0 Å². The Bertz CT molecular complexity index is 773. The number of hydrogen-bond donors (Lipinski definition) is 1. The van der Waals surface area contributed by atoms with Crippen LogP contribution in [0.15, 0.2) is 59.3 Å². The lowest BCUT2D eigenvalue weighted by Gasteiger charge is -2.17. The van der Waals surface area contributed by atoms with E-state index in [-0.39, 0.29) is 11.9 Å². The summed E-state index contributed by atoms with van der Waals surface area (Å²) in [6, 6.07) is 13.0. The second kappa shape index (κ2) is 6.52. The van der Waals surface area contributed by atoms with Crippen molar-refractivity contribution in [2.75, 3.05) is 0 Å². The Morgan fingerprint density at radius 1 is 1.26 bits per heavy atom. The fraction of sp³-hybridized carbons (Fsp3) is 0.222. The molecule has 23 heavy (non-hydrogen) atoms. The van der Waals surface area contributed by atoms with Crippen molar-refractivity contribution in [3.8, 4) is 11.3 Å². The topological polar surface area (TPSA) is 60.1 Å². The predicted molar refractivity (Wildman–Crippen MR) is 87.9 cm³/mol. The third kappa shape index (κ3) is 3.18. The number of hydrogen-bond acceptors (Lipinski definition) is 3. The molecule has 5 nitrogen and oxygen atoms in total. The Balaban J connectivity index is 1.74. The van der Waals surface area contributed by atoms with Crippen LogP contribution in [-0.2, 0) is 7.05 Å². The number of furan rings is 1. The first kappa shape index (κ1) is 15.1. The van der Waals surface area contributed by atoms with E-state index in [9.17, 15) is 4.79 Å². The number of rotatable bonds is 5. The molecule has 1 atom stereocenters. The van der Waals surface area contributed by atoms with Crippen molar-refractivity contribution >= 4 is 5.91 Å². The average molecular weight is 309 g/mol. The first-order valence-corrected chi connectivity index (χ1v) is 7.61. The first-order chi connectivity index (χ1) is 11.2. The van der Waals surface area contributed by atoms with Crippen molar-refractivity contribution in [2.45, 2.75) is 19.4 Å². The summed E-state index contributed by atoms with van der Waals surface area (Å²) in [6.07, 6.45) is 4.17. The lowest BCUT2D eigenvalue weighted by molar-refractivity contribution is 0.0934. The molecule has 0 aliphatic heterocycles. The highest BCUT2D eigenvalue weighted by atomic mass is 16.3. The summed E-state index contributed by atoms with van der Waals surface area (Å²) in [6.45, 7) is 2.04. The van der Waals surface area contributed by atoms with Crippen molar-refractivity contribution in [1.29, 1.82) is 0 Å². The molecule has 0 saturated carbocycles. The predicted octanol–water partition coefficient (Wildman–Crippen LogP) is 3.56. The second-order valence-corrected chi connectivity index (χ2v) is 5.37. The molecule has 0 radical (unpaired) electrons. The Labute approximate surface area is 134 Å². The number of carbonyl (C=O) groups excluding carboxylic acids is 1. The summed E-state index contributed by atoms with van der Waals surface area (Å²) in [5, 5.41) is 7.22. The largest absolute Gasteiger partial charge is 0.464 e. The summed E-state index contributed by atoms with van der Waals surface area (Å²) < 4.78 is 7.14. The number of amides is 1. The zero-order chi connectivity index (χ0) is 16.2. The quantitative estimate of drug-likeness (QED) is 0.784. The summed E-state index contributed by atoms with van der Waals surface area (Å²) in [5.74, 6) is 0.697. The maximum Gasteiger partial charge on any atom is 0.251 e. The van der Waals surface area contributed by atoms with Crippen LogP contribution in [0.2, 0.25) is 0 Å². The van der Waals surface area contributed by atoms with Crippen LogP contribution >= 0.6 is 0 Å². The lowest BCUT2D eigenvalue weighted by atomic mass is 10.1. The summed E-state index contributed by atoms with van der Waals surface area (Å²) >= 11 is 0. The van der Waals surface area contributed by atoms with Gasteiger partial charge in [-0.2, -0.15) is 5.10 Å². The number of nitrogens with zero attached hydrogens (tertiary/aromatic N) is 2. The molecular formula is C18H19N3O2. The molecule has 0 fully saturated rings. The van der Waals surface area contributed by atoms with Gasteiger partial charge in [0.05, 0.1) is 18.0 Å². The van der Waals surface area contributed by atoms with Crippen molar-refractivity contribution < 1.29 is 9.21 Å². The van der Waals surface area contributed by atoms with Crippen LogP contribution in [0.25, 0.3) is 11.3 Å². The SMILES string of the molecule is CC[C@@H](NC(=O)c1ccc(-c2ccco2)cc1)c1ccnn1C. The van der Waals surface area contributed by atoms with Gasteiger partial charge in [-0.3, -0.25) is 9.48 Å². The Kier molecular flexibility index (Phi) is 4.28. The number of aromatic nitrogens is 2. The van der Waals surface area contributed by atoms with E-state index >= 15 is 0 Å². The molecule has 5 heteroatoms. The van der Waals surface area contributed by atoms with Crippen LogP contribution in [0.4, 0.5) is 0 Å². The van der Waals surface area contributed by atoms with Gasteiger partial charge >= 0.3 is 0 Å². The summed E-state index contributed by atoms with van der Waals surface area (Å²) in [7, 11) is 1.88. The van der Waals surface area contributed by atoms with E-state index in [1.807, 2.05) is 56.4 Å². The van der Waals surface area contributed by atoms with Crippen LogP contribution < -0.4 is 5.32 Å². The van der Waals surface area contributed by atoms with Crippen molar-refractivity contribution in [2.24, 2.45) is 7.05 Å². The molecule has 0 spiro atoms. The highest BCUT2D eigenvalue weighted by Crippen LogP contribution is 2.21. The van der Waals surface area contributed by atoms with Gasteiger partial charge in [0.25, 0.3) is 5.91 Å². The average Bonchev–Trinajstić information content (AvgIpc) is 3.24. The van der Waals surface area contributed by atoms with Gasteiger partial charge in [0.15, 0.2) is 0 Å². The van der Waals surface area contributed by atoms with Gasteiger partial charge in [0.2, 0.25) is 0 Å². The minimum Gasteiger partial charge on any atom is -0.464 e. The van der Waals surface area contributed by atoms with E-state index < -0.39 is 0 Å². The molecule has 0 bridgehead atoms. The highest BCUT2D eigenvalue weighted by molar-refractivity contribution is 5.94. The Morgan fingerprint density at radius 2 is 2.04 bits per heavy atom. The standard InChI is InChI=1S/C18H19N3O2/c1-3-15(16-10-11-19-21(16)2)20-18(22)14-8-6-13(7-9-14)17-5-4-12-23-17/h4-12,15H,3H2,1-2H3,(H,20,22)/t15-/m1/s1. The van der Waals surface area contributed by atoms with Crippen LogP contribution in [0, 0.1) is 0 Å². The molecule has 1 aromatic carbocycles. The number of benzene rings is 1. The minimum absolute atomic E-state index is 0.0558. The summed E-state index contributed by atoms with van der Waals surface area (Å²) in [4.78, 5) is 12.5. The van der Waals surface area contributed by atoms with Gasteiger partial charge in [-0.05, 0) is 36.8 Å². The number of nitrogens with one attached hydrogen (secondary N) is 1. The van der Waals surface area contributed by atoms with Gasteiger partial charge in [-0.1, -0.05) is 19.1 Å². The number of aryl methyl sites for hydroxylation is 1. The van der Waals surface area contributed by atoms with Gasteiger partial charge < -0.3 is 9.73 Å². The monoisotopic (exact) mass is 309 g/mol. The highest BCUT2D eigenvalue weighted by Gasteiger charge is 2.16. The van der Waals surface area contributed by atoms with Gasteiger partial charge in [0, 0.05) is 24.4 Å². The van der Waals surface area contributed by atoms with Crippen molar-refractivity contribution in [3.05, 3.63) is 66.2 Å². The Hall–Kier alpha value is -2.82. The normalized spacial score (nSPS) is 12.1. The number of carbonyl (C=O) groups is 1. The molecule has 0 aliphatic rings. The van der Waals surface area contributed by atoms with Crippen LogP contribution in [0.1, 0.15) is 35.4 Å². The first-order valence-electron chi connectivity index (χ1n) is 7.61. The molecule has 0 aliphatic carbocycles. The molecule has 2 heterocycles. The van der Waals surface area contributed by atoms with E-state index in [2.05, 4.69) is 10.4 Å². The smallest absolute Gasteiger partial charge is 0.251 e. The molecule has 118 valence electrons. The van der Waals surface area contributed by atoms with E-state index in [0.29, 0.717) is 5.56 Å². The maximum absolute atomic E-state index is 12.5. The van der Waals surface area contributed by atoms with E-state index in [0.717, 1.165) is 23.4 Å². The fourth-order valence-electron chi connectivity index (χ4n) is 2.58. The molecule has 0 saturated heterocycles. The Morgan fingerprint density at radius 3 is 2.61 bits per heavy atom. The lowest BCUT2D eigenvalue weighted by Crippen LogP contribution is -2.29. The van der Waals surface area contributed by atoms with E-state index in [1.165, 1.54) is 0 Å². The molecule has 2 aromatic heterocycles. The summed E-state index contributed by atoms with van der Waals surface area (Å²) in [5.41, 5.74) is 2.57. The second-order valence-electron chi connectivity index (χ2n) is 5.37. The van der Waals surface area contributed by atoms with Gasteiger partial charge in [0.1, 0.15) is 5.76 Å². The fourth-order valence-corrected chi connectivity index (χ4v) is 2.58. The third-order valence-electron chi connectivity index (χ3n) is 3.88. The molecule has 0 unspecified atom stereocenters. The molecule has 3 rings (SSSR count). The minimum atomic E-state index is -0.0935. The van der Waals surface area contributed by atoms with Crippen LogP contribution in [0.5, 0.6) is 0 Å². The van der Waals surface area contributed by atoms with Crippen LogP contribution in [0.3, 0.4) is 0 Å². The van der Waals surface area contributed by atoms with E-state index in [4.69, 9.17) is 4.42 Å². The van der Waals surface area contributed by atoms with Crippen molar-refractivity contribution in [1.82, 2.24) is 15.1 Å². The van der Waals surface area contributed by atoms with Gasteiger partial charge in [-0.15, -0.1) is 0 Å². The zero-order valence-corrected chi connectivity index (χ0v) is 13.2. The molecule has 1 amide bonds.